The fourth-order valence-corrected chi connectivity index (χ4v) is 2.94. The lowest BCUT2D eigenvalue weighted by Gasteiger charge is -2.06. The predicted octanol–water partition coefficient (Wildman–Crippen LogP) is 3.05. The number of hydrogen-bond donors (Lipinski definition) is 1. The molecule has 0 spiro atoms. The number of nitrogens with zero attached hydrogens (tertiary/aromatic N) is 5. The average Bonchev–Trinajstić information content (AvgIpc) is 2.96. The summed E-state index contributed by atoms with van der Waals surface area (Å²) in [5, 5.41) is 1.16. The van der Waals surface area contributed by atoms with E-state index in [1.54, 1.807) is 18.6 Å². The van der Waals surface area contributed by atoms with Gasteiger partial charge in [0.25, 0.3) is 0 Å². The van der Waals surface area contributed by atoms with Crippen LogP contribution >= 0.6 is 35.0 Å². The first-order valence-corrected chi connectivity index (χ1v) is 8.20. The van der Waals surface area contributed by atoms with E-state index in [2.05, 4.69) is 31.8 Å². The number of aryl methyl sites for hydroxylation is 1. The molecule has 0 saturated carbocycles. The molecule has 3 heterocycles. The van der Waals surface area contributed by atoms with Gasteiger partial charge < -0.3 is 10.3 Å². The molecule has 0 saturated heterocycles. The molecule has 0 unspecified atom stereocenters. The molecule has 0 radical (unpaired) electrons. The minimum absolute atomic E-state index is 0.236. The lowest BCUT2D eigenvalue weighted by Crippen LogP contribution is -1.96. The molecule has 0 aliphatic heterocycles. The Kier molecular flexibility index (Phi) is 4.90. The first-order chi connectivity index (χ1) is 11.5. The van der Waals surface area contributed by atoms with Crippen molar-refractivity contribution in [2.24, 2.45) is 7.05 Å². The predicted molar refractivity (Wildman–Crippen MR) is 94.0 cm³/mol. The summed E-state index contributed by atoms with van der Waals surface area (Å²) in [6, 6.07) is 1.76. The summed E-state index contributed by atoms with van der Waals surface area (Å²) < 4.78 is 1.81. The second-order valence-electron chi connectivity index (χ2n) is 4.63. The van der Waals surface area contributed by atoms with E-state index in [9.17, 15) is 0 Å². The third-order valence-electron chi connectivity index (χ3n) is 2.81. The van der Waals surface area contributed by atoms with Crippen LogP contribution in [0, 0.1) is 11.8 Å². The number of nitrogen functional groups attached to an aromatic ring is 1. The van der Waals surface area contributed by atoms with E-state index in [4.69, 9.17) is 28.9 Å². The van der Waals surface area contributed by atoms with Crippen LogP contribution in [-0.4, -0.2) is 24.5 Å². The fourth-order valence-electron chi connectivity index (χ4n) is 1.75. The first-order valence-electron chi connectivity index (χ1n) is 6.63. The van der Waals surface area contributed by atoms with Crippen LogP contribution in [0.5, 0.6) is 0 Å². The van der Waals surface area contributed by atoms with Gasteiger partial charge in [0.15, 0.2) is 5.82 Å². The van der Waals surface area contributed by atoms with Crippen molar-refractivity contribution in [3.05, 3.63) is 52.5 Å². The number of rotatable bonds is 2. The molecule has 3 aromatic rings. The summed E-state index contributed by atoms with van der Waals surface area (Å²) in [7, 11) is 1.87. The van der Waals surface area contributed by atoms with Crippen LogP contribution in [0.4, 0.5) is 5.82 Å². The molecule has 24 heavy (non-hydrogen) atoms. The van der Waals surface area contributed by atoms with Crippen LogP contribution in [0.1, 0.15) is 11.4 Å². The summed E-state index contributed by atoms with van der Waals surface area (Å²) in [6.07, 6.45) is 6.53. The van der Waals surface area contributed by atoms with Crippen molar-refractivity contribution in [2.45, 2.75) is 9.92 Å². The molecule has 0 atom stereocenters. The number of pyridine rings is 1. The number of nitrogens with two attached hydrogens (primary N) is 1. The average molecular weight is 377 g/mol. The van der Waals surface area contributed by atoms with Gasteiger partial charge in [-0.15, -0.1) is 0 Å². The van der Waals surface area contributed by atoms with E-state index in [0.717, 1.165) is 4.90 Å². The number of hydrogen-bond acceptors (Lipinski definition) is 6. The fraction of sp³-hybridized carbons (Fsp3) is 0.0667. The van der Waals surface area contributed by atoms with Crippen molar-refractivity contribution in [3.8, 4) is 11.8 Å². The summed E-state index contributed by atoms with van der Waals surface area (Å²) in [6.45, 7) is 0. The van der Waals surface area contributed by atoms with Crippen molar-refractivity contribution in [2.75, 3.05) is 5.73 Å². The van der Waals surface area contributed by atoms with Crippen LogP contribution in [0.25, 0.3) is 0 Å². The summed E-state index contributed by atoms with van der Waals surface area (Å²) in [5.41, 5.74) is 6.91. The molecule has 0 aliphatic rings. The van der Waals surface area contributed by atoms with Crippen molar-refractivity contribution >= 4 is 40.8 Å². The highest BCUT2D eigenvalue weighted by atomic mass is 35.5. The summed E-state index contributed by atoms with van der Waals surface area (Å²) in [5.74, 6) is 6.08. The highest BCUT2D eigenvalue weighted by Crippen LogP contribution is 2.35. The van der Waals surface area contributed by atoms with Gasteiger partial charge in [-0.25, -0.2) is 19.9 Å². The van der Waals surface area contributed by atoms with Gasteiger partial charge in [-0.05, 0) is 17.9 Å². The Labute approximate surface area is 152 Å². The normalized spacial score (nSPS) is 10.3. The van der Waals surface area contributed by atoms with E-state index in [0.29, 0.717) is 21.4 Å². The maximum atomic E-state index is 6.39. The minimum atomic E-state index is 0.236. The largest absolute Gasteiger partial charge is 0.381 e. The van der Waals surface area contributed by atoms with Gasteiger partial charge in [-0.3, -0.25) is 0 Å². The number of imidazole rings is 1. The molecule has 0 bridgehead atoms. The highest BCUT2D eigenvalue weighted by Gasteiger charge is 2.11. The van der Waals surface area contributed by atoms with Gasteiger partial charge in [0, 0.05) is 24.3 Å². The van der Waals surface area contributed by atoms with Crippen LogP contribution in [0.3, 0.4) is 0 Å². The van der Waals surface area contributed by atoms with Crippen molar-refractivity contribution < 1.29 is 0 Å². The highest BCUT2D eigenvalue weighted by molar-refractivity contribution is 7.99. The van der Waals surface area contributed by atoms with Gasteiger partial charge in [-0.1, -0.05) is 35.0 Å². The zero-order valence-electron chi connectivity index (χ0n) is 12.4. The lowest BCUT2D eigenvalue weighted by atomic mass is 10.3. The number of aromatic nitrogens is 5. The van der Waals surface area contributed by atoms with E-state index in [1.165, 1.54) is 18.0 Å². The molecule has 0 amide bonds. The smallest absolute Gasteiger partial charge is 0.158 e. The van der Waals surface area contributed by atoms with Gasteiger partial charge in [0.05, 0.1) is 17.5 Å². The van der Waals surface area contributed by atoms with Crippen molar-refractivity contribution in [1.29, 1.82) is 0 Å². The van der Waals surface area contributed by atoms with Crippen LogP contribution in [0.2, 0.25) is 10.2 Å². The monoisotopic (exact) mass is 376 g/mol. The second-order valence-corrected chi connectivity index (χ2v) is 6.43. The molecule has 0 aliphatic carbocycles. The molecular weight excluding hydrogens is 367 g/mol. The molecule has 3 aromatic heterocycles. The van der Waals surface area contributed by atoms with Crippen LogP contribution in [0.15, 0.2) is 40.9 Å². The summed E-state index contributed by atoms with van der Waals surface area (Å²) >= 11 is 13.4. The molecule has 9 heteroatoms. The van der Waals surface area contributed by atoms with Gasteiger partial charge in [0.1, 0.15) is 21.6 Å². The maximum Gasteiger partial charge on any atom is 0.158 e. The SMILES string of the molecule is Cn1cnc(C#Cc2nccc(Sc3ncc(Cl)nc3N)c2Cl)c1. The first kappa shape index (κ1) is 16.6. The van der Waals surface area contributed by atoms with E-state index in [-0.39, 0.29) is 11.0 Å². The Morgan fingerprint density at radius 2 is 2.04 bits per heavy atom. The third-order valence-corrected chi connectivity index (χ3v) is 4.55. The van der Waals surface area contributed by atoms with Crippen molar-refractivity contribution in [1.82, 2.24) is 24.5 Å². The Morgan fingerprint density at radius 3 is 2.75 bits per heavy atom. The Hall–Kier alpha value is -2.27. The third kappa shape index (κ3) is 3.79. The topological polar surface area (TPSA) is 82.5 Å². The second kappa shape index (κ2) is 7.09. The molecular formula is C15H10Cl2N6S. The number of halogens is 2. The Bertz CT molecular complexity index is 960. The zero-order valence-corrected chi connectivity index (χ0v) is 14.7. The molecule has 6 nitrogen and oxygen atoms in total. The molecule has 3 rings (SSSR count). The Balaban J connectivity index is 1.89. The molecule has 2 N–H and O–H groups in total. The minimum Gasteiger partial charge on any atom is -0.381 e. The van der Waals surface area contributed by atoms with Gasteiger partial charge in [-0.2, -0.15) is 0 Å². The zero-order chi connectivity index (χ0) is 17.1. The number of anilines is 1. The molecule has 0 aromatic carbocycles. The van der Waals surface area contributed by atoms with E-state index < -0.39 is 0 Å². The van der Waals surface area contributed by atoms with E-state index >= 15 is 0 Å². The van der Waals surface area contributed by atoms with Crippen LogP contribution in [-0.2, 0) is 7.05 Å². The quantitative estimate of drug-likeness (QED) is 0.692. The molecule has 0 fully saturated rings. The van der Waals surface area contributed by atoms with Gasteiger partial charge in [0.2, 0.25) is 0 Å². The van der Waals surface area contributed by atoms with Gasteiger partial charge >= 0.3 is 0 Å². The van der Waals surface area contributed by atoms with E-state index in [1.807, 2.05) is 17.8 Å². The van der Waals surface area contributed by atoms with Crippen LogP contribution < -0.4 is 5.73 Å². The standard InChI is InChI=1S/C15H10Cl2N6S/c1-23-7-9(21-8-23)2-3-10-13(17)11(4-5-19-10)24-15-14(18)22-12(16)6-20-15/h4-8H,1H3,(H2,18,22). The maximum absolute atomic E-state index is 6.39. The summed E-state index contributed by atoms with van der Waals surface area (Å²) in [4.78, 5) is 17.2. The van der Waals surface area contributed by atoms with Crippen molar-refractivity contribution in [3.63, 3.8) is 0 Å². The lowest BCUT2D eigenvalue weighted by molar-refractivity contribution is 0.913. The molecule has 120 valence electrons. The Morgan fingerprint density at radius 1 is 1.21 bits per heavy atom.